The van der Waals surface area contributed by atoms with E-state index in [0.717, 1.165) is 21.8 Å². The molecule has 0 spiro atoms. The second-order valence-electron chi connectivity index (χ2n) is 5.81. The summed E-state index contributed by atoms with van der Waals surface area (Å²) in [6.45, 7) is 0.444. The standard InChI is InChI=1S/C21H17N3OS/c25-21(16-7-9-18(10-8-16)24-12-1-2-13-24)23-15-17-5-3-11-22-20(17)19-6-4-14-26-19/h1-14H,15H2,(H,23,25). The molecule has 0 aliphatic carbocycles. The van der Waals surface area contributed by atoms with E-state index in [1.165, 1.54) is 0 Å². The van der Waals surface area contributed by atoms with Crippen molar-refractivity contribution < 1.29 is 4.79 Å². The number of pyridine rings is 1. The maximum Gasteiger partial charge on any atom is 0.251 e. The lowest BCUT2D eigenvalue weighted by molar-refractivity contribution is 0.0951. The summed E-state index contributed by atoms with van der Waals surface area (Å²) >= 11 is 1.64. The zero-order chi connectivity index (χ0) is 17.8. The van der Waals surface area contributed by atoms with Crippen molar-refractivity contribution in [3.8, 4) is 16.3 Å². The van der Waals surface area contributed by atoms with Crippen molar-refractivity contribution in [1.82, 2.24) is 14.9 Å². The first-order valence-electron chi connectivity index (χ1n) is 8.30. The number of amides is 1. The van der Waals surface area contributed by atoms with Gasteiger partial charge < -0.3 is 9.88 Å². The van der Waals surface area contributed by atoms with Crippen molar-refractivity contribution >= 4 is 17.2 Å². The van der Waals surface area contributed by atoms with Crippen molar-refractivity contribution in [1.29, 1.82) is 0 Å². The molecule has 1 aromatic carbocycles. The number of thiophene rings is 1. The van der Waals surface area contributed by atoms with Gasteiger partial charge in [-0.05, 0) is 59.5 Å². The average Bonchev–Trinajstić information content (AvgIpc) is 3.40. The Morgan fingerprint density at radius 2 is 1.81 bits per heavy atom. The summed E-state index contributed by atoms with van der Waals surface area (Å²) in [6.07, 6.45) is 5.73. The summed E-state index contributed by atoms with van der Waals surface area (Å²) in [4.78, 5) is 18.0. The molecular weight excluding hydrogens is 342 g/mol. The Morgan fingerprint density at radius 3 is 2.54 bits per heavy atom. The Bertz CT molecular complexity index is 990. The van der Waals surface area contributed by atoms with E-state index in [4.69, 9.17) is 0 Å². The quantitative estimate of drug-likeness (QED) is 0.569. The summed E-state index contributed by atoms with van der Waals surface area (Å²) in [5, 5.41) is 5.02. The van der Waals surface area contributed by atoms with Gasteiger partial charge in [-0.15, -0.1) is 11.3 Å². The first kappa shape index (κ1) is 16.3. The van der Waals surface area contributed by atoms with Crippen LogP contribution in [0, 0.1) is 0 Å². The lowest BCUT2D eigenvalue weighted by Crippen LogP contribution is -2.23. The Morgan fingerprint density at radius 1 is 1.00 bits per heavy atom. The van der Waals surface area contributed by atoms with E-state index in [9.17, 15) is 4.79 Å². The Balaban J connectivity index is 1.46. The van der Waals surface area contributed by atoms with E-state index in [2.05, 4.69) is 10.3 Å². The van der Waals surface area contributed by atoms with Gasteiger partial charge in [-0.3, -0.25) is 9.78 Å². The molecule has 1 N–H and O–H groups in total. The SMILES string of the molecule is O=C(NCc1cccnc1-c1cccs1)c1ccc(-n2cccc2)cc1. The molecule has 0 aliphatic rings. The van der Waals surface area contributed by atoms with Crippen LogP contribution in [-0.2, 0) is 6.54 Å². The van der Waals surface area contributed by atoms with Crippen LogP contribution in [0.15, 0.2) is 84.6 Å². The molecule has 0 saturated carbocycles. The van der Waals surface area contributed by atoms with Gasteiger partial charge in [0.05, 0.1) is 10.6 Å². The van der Waals surface area contributed by atoms with Crippen molar-refractivity contribution in [2.24, 2.45) is 0 Å². The maximum atomic E-state index is 12.5. The van der Waals surface area contributed by atoms with Gasteiger partial charge in [-0.2, -0.15) is 0 Å². The van der Waals surface area contributed by atoms with E-state index in [1.807, 2.05) is 83.0 Å². The van der Waals surface area contributed by atoms with Crippen LogP contribution in [0.1, 0.15) is 15.9 Å². The topological polar surface area (TPSA) is 46.9 Å². The fourth-order valence-electron chi connectivity index (χ4n) is 2.79. The average molecular weight is 359 g/mol. The minimum Gasteiger partial charge on any atom is -0.348 e. The van der Waals surface area contributed by atoms with Gasteiger partial charge in [0.25, 0.3) is 5.91 Å². The molecule has 4 rings (SSSR count). The molecule has 0 aliphatic heterocycles. The Labute approximate surface area is 155 Å². The second-order valence-corrected chi connectivity index (χ2v) is 6.76. The van der Waals surface area contributed by atoms with Gasteiger partial charge in [0.2, 0.25) is 0 Å². The Hall–Kier alpha value is -3.18. The van der Waals surface area contributed by atoms with Gasteiger partial charge in [0.1, 0.15) is 0 Å². The summed E-state index contributed by atoms with van der Waals surface area (Å²) in [7, 11) is 0. The first-order chi connectivity index (χ1) is 12.8. The van der Waals surface area contributed by atoms with Crippen LogP contribution in [0.2, 0.25) is 0 Å². The van der Waals surface area contributed by atoms with Crippen LogP contribution in [0.5, 0.6) is 0 Å². The number of rotatable bonds is 5. The predicted molar refractivity (Wildman–Crippen MR) is 104 cm³/mol. The van der Waals surface area contributed by atoms with Crippen LogP contribution in [-0.4, -0.2) is 15.5 Å². The highest BCUT2D eigenvalue weighted by molar-refractivity contribution is 7.13. The smallest absolute Gasteiger partial charge is 0.251 e. The fraction of sp³-hybridized carbons (Fsp3) is 0.0476. The largest absolute Gasteiger partial charge is 0.348 e. The minimum absolute atomic E-state index is 0.0926. The number of carbonyl (C=O) groups excluding carboxylic acids is 1. The molecule has 4 aromatic rings. The number of hydrogen-bond acceptors (Lipinski definition) is 3. The highest BCUT2D eigenvalue weighted by Crippen LogP contribution is 2.25. The zero-order valence-electron chi connectivity index (χ0n) is 14.0. The van der Waals surface area contributed by atoms with Crippen LogP contribution in [0.3, 0.4) is 0 Å². The van der Waals surface area contributed by atoms with E-state index < -0.39 is 0 Å². The van der Waals surface area contributed by atoms with Crippen LogP contribution in [0.25, 0.3) is 16.3 Å². The van der Waals surface area contributed by atoms with Crippen LogP contribution in [0.4, 0.5) is 0 Å². The van der Waals surface area contributed by atoms with E-state index >= 15 is 0 Å². The maximum absolute atomic E-state index is 12.5. The number of carbonyl (C=O) groups is 1. The molecule has 0 fully saturated rings. The van der Waals surface area contributed by atoms with Crippen molar-refractivity contribution in [2.75, 3.05) is 0 Å². The molecule has 128 valence electrons. The number of nitrogens with one attached hydrogen (secondary N) is 1. The third-order valence-electron chi connectivity index (χ3n) is 4.12. The second kappa shape index (κ2) is 7.37. The molecule has 26 heavy (non-hydrogen) atoms. The number of aromatic nitrogens is 2. The van der Waals surface area contributed by atoms with E-state index in [1.54, 1.807) is 17.5 Å². The van der Waals surface area contributed by atoms with E-state index in [0.29, 0.717) is 12.1 Å². The van der Waals surface area contributed by atoms with Crippen molar-refractivity contribution in [3.63, 3.8) is 0 Å². The Kier molecular flexibility index (Phi) is 4.62. The lowest BCUT2D eigenvalue weighted by atomic mass is 10.1. The lowest BCUT2D eigenvalue weighted by Gasteiger charge is -2.09. The van der Waals surface area contributed by atoms with Gasteiger partial charge >= 0.3 is 0 Å². The molecule has 0 unspecified atom stereocenters. The molecule has 0 atom stereocenters. The highest BCUT2D eigenvalue weighted by Gasteiger charge is 2.10. The number of nitrogens with zero attached hydrogens (tertiary/aromatic N) is 2. The molecule has 5 heteroatoms. The van der Waals surface area contributed by atoms with Crippen LogP contribution >= 0.6 is 11.3 Å². The fourth-order valence-corrected chi connectivity index (χ4v) is 3.54. The summed E-state index contributed by atoms with van der Waals surface area (Å²) in [6, 6.07) is 19.4. The minimum atomic E-state index is -0.0926. The van der Waals surface area contributed by atoms with Gasteiger partial charge in [0, 0.05) is 36.4 Å². The molecule has 1 amide bonds. The van der Waals surface area contributed by atoms with Gasteiger partial charge in [-0.25, -0.2) is 0 Å². The molecular formula is C21H17N3OS. The molecule has 0 bridgehead atoms. The van der Waals surface area contributed by atoms with Gasteiger partial charge in [0.15, 0.2) is 0 Å². The first-order valence-corrected chi connectivity index (χ1v) is 9.18. The molecule has 0 radical (unpaired) electrons. The molecule has 4 nitrogen and oxygen atoms in total. The summed E-state index contributed by atoms with van der Waals surface area (Å²) in [5.74, 6) is -0.0926. The number of hydrogen-bond donors (Lipinski definition) is 1. The third-order valence-corrected chi connectivity index (χ3v) is 4.99. The van der Waals surface area contributed by atoms with Crippen LogP contribution < -0.4 is 5.32 Å². The molecule has 3 aromatic heterocycles. The third kappa shape index (κ3) is 3.43. The molecule has 0 saturated heterocycles. The highest BCUT2D eigenvalue weighted by atomic mass is 32.1. The monoisotopic (exact) mass is 359 g/mol. The van der Waals surface area contributed by atoms with Crippen molar-refractivity contribution in [3.05, 3.63) is 95.8 Å². The summed E-state index contributed by atoms with van der Waals surface area (Å²) < 4.78 is 2.00. The summed E-state index contributed by atoms with van der Waals surface area (Å²) in [5.41, 5.74) is 3.60. The predicted octanol–water partition coefficient (Wildman–Crippen LogP) is 4.53. The zero-order valence-corrected chi connectivity index (χ0v) is 14.8. The van der Waals surface area contributed by atoms with Crippen molar-refractivity contribution in [2.45, 2.75) is 6.54 Å². The van der Waals surface area contributed by atoms with E-state index in [-0.39, 0.29) is 5.91 Å². The van der Waals surface area contributed by atoms with Gasteiger partial charge in [-0.1, -0.05) is 12.1 Å². The molecule has 3 heterocycles. The number of benzene rings is 1. The normalized spacial score (nSPS) is 10.6.